The lowest BCUT2D eigenvalue weighted by molar-refractivity contribution is 1.12. The standard InChI is InChI=1S/C15H21P/c1-6-13-9-8-12(3)14(7-2)11-15(10-13)16(4)5/h6,8-11H,1,7H2,2-5H3/b9-8?,12-8?,13-9?,13-10-,14-11?,14-12-,15-10?,15-11+. The van der Waals surface area contributed by atoms with Crippen LogP contribution in [0.4, 0.5) is 0 Å². The Labute approximate surface area is 101 Å². The normalized spacial score (nSPS) is 27.8. The topological polar surface area (TPSA) is 0 Å². The predicted molar refractivity (Wildman–Crippen MR) is 77.3 cm³/mol. The van der Waals surface area contributed by atoms with Gasteiger partial charge in [-0.05, 0) is 54.8 Å². The Morgan fingerprint density at radius 1 is 1.25 bits per heavy atom. The summed E-state index contributed by atoms with van der Waals surface area (Å²) in [6, 6.07) is 0. The van der Waals surface area contributed by atoms with E-state index < -0.39 is 0 Å². The molecule has 0 aromatic carbocycles. The van der Waals surface area contributed by atoms with Crippen LogP contribution in [0.3, 0.4) is 0 Å². The van der Waals surface area contributed by atoms with Crippen molar-refractivity contribution >= 4 is 7.92 Å². The lowest BCUT2D eigenvalue weighted by Gasteiger charge is -2.13. The molecule has 1 rings (SSSR count). The summed E-state index contributed by atoms with van der Waals surface area (Å²) < 4.78 is 0. The van der Waals surface area contributed by atoms with Crippen LogP contribution in [0.25, 0.3) is 0 Å². The molecule has 0 aromatic rings. The summed E-state index contributed by atoms with van der Waals surface area (Å²) >= 11 is 0. The Bertz CT molecular complexity index is 390. The molecule has 0 saturated carbocycles. The quantitative estimate of drug-likeness (QED) is 0.599. The lowest BCUT2D eigenvalue weighted by Crippen LogP contribution is -1.88. The predicted octanol–water partition coefficient (Wildman–Crippen LogP) is 5.02. The van der Waals surface area contributed by atoms with Gasteiger partial charge in [0.2, 0.25) is 0 Å². The molecule has 1 aliphatic carbocycles. The van der Waals surface area contributed by atoms with Crippen molar-refractivity contribution in [3.63, 3.8) is 0 Å². The van der Waals surface area contributed by atoms with Gasteiger partial charge in [0.25, 0.3) is 0 Å². The van der Waals surface area contributed by atoms with Gasteiger partial charge in [0.05, 0.1) is 0 Å². The van der Waals surface area contributed by atoms with E-state index in [2.05, 4.69) is 58.1 Å². The van der Waals surface area contributed by atoms with Crippen LogP contribution in [-0.4, -0.2) is 13.3 Å². The minimum absolute atomic E-state index is 0.0623. The second kappa shape index (κ2) is 6.01. The summed E-state index contributed by atoms with van der Waals surface area (Å²) in [6.45, 7) is 12.9. The molecule has 0 atom stereocenters. The molecule has 0 saturated heterocycles. The first-order chi connectivity index (χ1) is 7.58. The summed E-state index contributed by atoms with van der Waals surface area (Å²) in [5.41, 5.74) is 4.02. The number of allylic oxidation sites excluding steroid dienone is 9. The Morgan fingerprint density at radius 3 is 2.44 bits per heavy atom. The van der Waals surface area contributed by atoms with E-state index in [9.17, 15) is 0 Å². The van der Waals surface area contributed by atoms with E-state index in [0.29, 0.717) is 0 Å². The molecule has 0 aromatic heterocycles. The summed E-state index contributed by atoms with van der Waals surface area (Å²) in [4.78, 5) is 0. The fourth-order valence-electron chi connectivity index (χ4n) is 1.65. The molecule has 86 valence electrons. The summed E-state index contributed by atoms with van der Waals surface area (Å²) in [6.07, 6.45) is 12.0. The molecule has 0 N–H and O–H groups in total. The molecule has 0 spiro atoms. The van der Waals surface area contributed by atoms with Crippen LogP contribution in [0.5, 0.6) is 0 Å². The van der Waals surface area contributed by atoms with Gasteiger partial charge >= 0.3 is 0 Å². The minimum atomic E-state index is -0.0623. The first kappa shape index (κ1) is 13.2. The smallest absolute Gasteiger partial charge is 0.0237 e. The molecule has 0 nitrogen and oxygen atoms in total. The maximum atomic E-state index is 3.86. The number of hydrogen-bond acceptors (Lipinski definition) is 0. The zero-order valence-electron chi connectivity index (χ0n) is 10.7. The zero-order valence-corrected chi connectivity index (χ0v) is 11.6. The van der Waals surface area contributed by atoms with E-state index in [1.54, 1.807) is 0 Å². The molecule has 0 unspecified atom stereocenters. The molecule has 0 heterocycles. The molecular weight excluding hydrogens is 211 g/mol. The fraction of sp³-hybridized carbons (Fsp3) is 0.333. The molecule has 0 amide bonds. The van der Waals surface area contributed by atoms with Crippen molar-refractivity contribution in [2.75, 3.05) is 13.3 Å². The van der Waals surface area contributed by atoms with Crippen molar-refractivity contribution in [2.24, 2.45) is 0 Å². The lowest BCUT2D eigenvalue weighted by atomic mass is 10.0. The summed E-state index contributed by atoms with van der Waals surface area (Å²) in [5, 5.41) is 1.45. The second-order valence-electron chi connectivity index (χ2n) is 4.21. The van der Waals surface area contributed by atoms with Gasteiger partial charge in [0.1, 0.15) is 0 Å². The van der Waals surface area contributed by atoms with Crippen molar-refractivity contribution in [3.05, 3.63) is 59.0 Å². The van der Waals surface area contributed by atoms with Crippen LogP contribution < -0.4 is 0 Å². The van der Waals surface area contributed by atoms with Crippen molar-refractivity contribution in [1.29, 1.82) is 0 Å². The van der Waals surface area contributed by atoms with Crippen LogP contribution in [0.15, 0.2) is 59.0 Å². The highest BCUT2D eigenvalue weighted by Crippen LogP contribution is 2.40. The highest BCUT2D eigenvalue weighted by atomic mass is 31.1. The van der Waals surface area contributed by atoms with Gasteiger partial charge in [-0.1, -0.05) is 45.7 Å². The van der Waals surface area contributed by atoms with E-state index in [0.717, 1.165) is 6.42 Å². The van der Waals surface area contributed by atoms with Gasteiger partial charge in [-0.15, -0.1) is 0 Å². The van der Waals surface area contributed by atoms with E-state index >= 15 is 0 Å². The molecule has 0 fully saturated rings. The molecular formula is C15H21P. The Balaban J connectivity index is 3.25. The van der Waals surface area contributed by atoms with Gasteiger partial charge in [0, 0.05) is 0 Å². The van der Waals surface area contributed by atoms with E-state index in [-0.39, 0.29) is 7.92 Å². The SMILES string of the molecule is C=C/C1=C/C(P(C)C)=C\C(CC)=C(\C)C=C1. The van der Waals surface area contributed by atoms with E-state index in [4.69, 9.17) is 0 Å². The van der Waals surface area contributed by atoms with Crippen LogP contribution in [0.2, 0.25) is 0 Å². The first-order valence-electron chi connectivity index (χ1n) is 5.69. The van der Waals surface area contributed by atoms with Crippen molar-refractivity contribution in [2.45, 2.75) is 20.3 Å². The zero-order chi connectivity index (χ0) is 12.1. The van der Waals surface area contributed by atoms with Gasteiger partial charge in [-0.2, -0.15) is 0 Å². The number of rotatable bonds is 3. The summed E-state index contributed by atoms with van der Waals surface area (Å²) in [5.74, 6) is 0. The van der Waals surface area contributed by atoms with Gasteiger partial charge in [-0.3, -0.25) is 0 Å². The third kappa shape index (κ3) is 3.32. The monoisotopic (exact) mass is 232 g/mol. The molecule has 0 bridgehead atoms. The van der Waals surface area contributed by atoms with Crippen LogP contribution in [-0.2, 0) is 0 Å². The molecule has 1 heteroatoms. The van der Waals surface area contributed by atoms with Crippen LogP contribution in [0, 0.1) is 0 Å². The van der Waals surface area contributed by atoms with Gasteiger partial charge in [-0.25, -0.2) is 0 Å². The third-order valence-electron chi connectivity index (χ3n) is 2.80. The van der Waals surface area contributed by atoms with Crippen molar-refractivity contribution in [3.8, 4) is 0 Å². The number of hydrogen-bond donors (Lipinski definition) is 0. The second-order valence-corrected chi connectivity index (χ2v) is 6.51. The van der Waals surface area contributed by atoms with Crippen LogP contribution in [0.1, 0.15) is 20.3 Å². The summed E-state index contributed by atoms with van der Waals surface area (Å²) in [7, 11) is -0.0623. The Morgan fingerprint density at radius 2 is 1.94 bits per heavy atom. The van der Waals surface area contributed by atoms with Gasteiger partial charge < -0.3 is 0 Å². The molecule has 16 heavy (non-hydrogen) atoms. The maximum absolute atomic E-state index is 3.86. The van der Waals surface area contributed by atoms with E-state index in [1.165, 1.54) is 22.0 Å². The highest BCUT2D eigenvalue weighted by molar-refractivity contribution is 7.60. The maximum Gasteiger partial charge on any atom is -0.0237 e. The third-order valence-corrected chi connectivity index (χ3v) is 4.09. The van der Waals surface area contributed by atoms with E-state index in [1.807, 2.05) is 6.08 Å². The first-order valence-corrected chi connectivity index (χ1v) is 7.93. The molecule has 0 radical (unpaired) electrons. The Hall–Kier alpha value is -0.870. The minimum Gasteiger partial charge on any atom is -0.0985 e. The average Bonchev–Trinajstić information content (AvgIpc) is 2.24. The van der Waals surface area contributed by atoms with Crippen molar-refractivity contribution < 1.29 is 0 Å². The fourth-order valence-corrected chi connectivity index (χ4v) is 2.47. The molecule has 1 aliphatic rings. The Kier molecular flexibility index (Phi) is 4.96. The van der Waals surface area contributed by atoms with Gasteiger partial charge in [0.15, 0.2) is 0 Å². The highest BCUT2D eigenvalue weighted by Gasteiger charge is 2.05. The van der Waals surface area contributed by atoms with Crippen molar-refractivity contribution in [1.82, 2.24) is 0 Å². The average molecular weight is 232 g/mol. The largest absolute Gasteiger partial charge is 0.0985 e. The molecule has 0 aliphatic heterocycles. The van der Waals surface area contributed by atoms with Crippen LogP contribution >= 0.6 is 7.92 Å².